The van der Waals surface area contributed by atoms with Gasteiger partial charge in [-0.15, -0.1) is 0 Å². The molecule has 0 spiro atoms. The van der Waals surface area contributed by atoms with Gasteiger partial charge in [-0.05, 0) is 31.5 Å². The first-order chi connectivity index (χ1) is 8.93. The first-order valence-corrected chi connectivity index (χ1v) is 7.82. The SMILES string of the molecule is CC1CN(S(=O)(=O)c2ccc(CN)cc2)CC(C)O1. The Morgan fingerprint density at radius 1 is 1.21 bits per heavy atom. The second kappa shape index (κ2) is 5.58. The number of benzene rings is 1. The molecule has 1 aromatic rings. The average Bonchev–Trinajstić information content (AvgIpc) is 2.37. The molecule has 1 fully saturated rings. The summed E-state index contributed by atoms with van der Waals surface area (Å²) in [5.41, 5.74) is 6.43. The zero-order valence-corrected chi connectivity index (χ0v) is 12.1. The van der Waals surface area contributed by atoms with E-state index in [0.717, 1.165) is 5.56 Å². The minimum atomic E-state index is -3.44. The second-order valence-corrected chi connectivity index (χ2v) is 6.87. The van der Waals surface area contributed by atoms with E-state index in [0.29, 0.717) is 24.5 Å². The highest BCUT2D eigenvalue weighted by Crippen LogP contribution is 2.21. The van der Waals surface area contributed by atoms with E-state index in [-0.39, 0.29) is 12.2 Å². The van der Waals surface area contributed by atoms with Crippen LogP contribution in [-0.2, 0) is 21.3 Å². The maximum Gasteiger partial charge on any atom is 0.243 e. The number of hydrogen-bond donors (Lipinski definition) is 1. The highest BCUT2D eigenvalue weighted by Gasteiger charge is 2.31. The molecular formula is C13H20N2O3S. The number of sulfonamides is 1. The summed E-state index contributed by atoms with van der Waals surface area (Å²) >= 11 is 0. The van der Waals surface area contributed by atoms with E-state index in [4.69, 9.17) is 10.5 Å². The Morgan fingerprint density at radius 2 is 1.74 bits per heavy atom. The van der Waals surface area contributed by atoms with Gasteiger partial charge < -0.3 is 10.5 Å². The fraction of sp³-hybridized carbons (Fsp3) is 0.538. The van der Waals surface area contributed by atoms with Crippen molar-refractivity contribution < 1.29 is 13.2 Å². The minimum absolute atomic E-state index is 0.0816. The van der Waals surface area contributed by atoms with Crippen molar-refractivity contribution in [3.63, 3.8) is 0 Å². The van der Waals surface area contributed by atoms with Crippen LogP contribution in [0.1, 0.15) is 19.4 Å². The van der Waals surface area contributed by atoms with Crippen molar-refractivity contribution in [3.8, 4) is 0 Å². The van der Waals surface area contributed by atoms with Crippen LogP contribution in [0.4, 0.5) is 0 Å². The Bertz CT molecular complexity index is 517. The van der Waals surface area contributed by atoms with Crippen LogP contribution < -0.4 is 5.73 Å². The summed E-state index contributed by atoms with van der Waals surface area (Å²) in [6.45, 7) is 4.97. The van der Waals surface area contributed by atoms with Gasteiger partial charge in [-0.1, -0.05) is 12.1 Å². The molecule has 0 radical (unpaired) electrons. The van der Waals surface area contributed by atoms with Gasteiger partial charge in [0.15, 0.2) is 0 Å². The van der Waals surface area contributed by atoms with Gasteiger partial charge in [0, 0.05) is 19.6 Å². The van der Waals surface area contributed by atoms with Crippen molar-refractivity contribution in [1.82, 2.24) is 4.31 Å². The molecule has 0 bridgehead atoms. The molecule has 106 valence electrons. The third-order valence-electron chi connectivity index (χ3n) is 3.18. The number of ether oxygens (including phenoxy) is 1. The molecule has 2 rings (SSSR count). The maximum atomic E-state index is 12.5. The topological polar surface area (TPSA) is 72.6 Å². The number of nitrogens with zero attached hydrogens (tertiary/aromatic N) is 1. The van der Waals surface area contributed by atoms with Gasteiger partial charge in [-0.25, -0.2) is 8.42 Å². The van der Waals surface area contributed by atoms with Crippen LogP contribution in [0.25, 0.3) is 0 Å². The average molecular weight is 284 g/mol. The molecule has 0 amide bonds. The van der Waals surface area contributed by atoms with Crippen LogP contribution in [0, 0.1) is 0 Å². The van der Waals surface area contributed by atoms with Crippen molar-refractivity contribution in [3.05, 3.63) is 29.8 Å². The van der Waals surface area contributed by atoms with Crippen LogP contribution in [0.2, 0.25) is 0 Å². The van der Waals surface area contributed by atoms with Gasteiger partial charge in [-0.2, -0.15) is 4.31 Å². The van der Waals surface area contributed by atoms with Gasteiger partial charge in [0.05, 0.1) is 17.1 Å². The molecule has 1 aliphatic rings. The van der Waals surface area contributed by atoms with Gasteiger partial charge >= 0.3 is 0 Å². The van der Waals surface area contributed by atoms with Gasteiger partial charge in [-0.3, -0.25) is 0 Å². The van der Waals surface area contributed by atoms with Crippen molar-refractivity contribution in [1.29, 1.82) is 0 Å². The molecular weight excluding hydrogens is 264 g/mol. The van der Waals surface area contributed by atoms with E-state index in [9.17, 15) is 8.42 Å². The lowest BCUT2D eigenvalue weighted by Crippen LogP contribution is -2.48. The molecule has 1 heterocycles. The first-order valence-electron chi connectivity index (χ1n) is 6.38. The summed E-state index contributed by atoms with van der Waals surface area (Å²) in [4.78, 5) is 0.311. The molecule has 6 heteroatoms. The number of morpholine rings is 1. The predicted molar refractivity (Wildman–Crippen MR) is 73.1 cm³/mol. The highest BCUT2D eigenvalue weighted by molar-refractivity contribution is 7.89. The third-order valence-corrected chi connectivity index (χ3v) is 5.03. The lowest BCUT2D eigenvalue weighted by atomic mass is 10.2. The second-order valence-electron chi connectivity index (χ2n) is 4.93. The lowest BCUT2D eigenvalue weighted by molar-refractivity contribution is -0.0440. The van der Waals surface area contributed by atoms with Crippen LogP contribution in [0.5, 0.6) is 0 Å². The lowest BCUT2D eigenvalue weighted by Gasteiger charge is -2.34. The first kappa shape index (κ1) is 14.5. The monoisotopic (exact) mass is 284 g/mol. The Morgan fingerprint density at radius 3 is 2.21 bits per heavy atom. The Labute approximate surface area is 114 Å². The third kappa shape index (κ3) is 3.14. The Kier molecular flexibility index (Phi) is 4.25. The quantitative estimate of drug-likeness (QED) is 0.896. The van der Waals surface area contributed by atoms with E-state index < -0.39 is 10.0 Å². The molecule has 1 saturated heterocycles. The standard InChI is InChI=1S/C13H20N2O3S/c1-10-8-15(9-11(2)18-10)19(16,17)13-5-3-12(7-14)4-6-13/h3-6,10-11H,7-9,14H2,1-2H3. The molecule has 1 aromatic carbocycles. The molecule has 2 unspecified atom stereocenters. The number of nitrogens with two attached hydrogens (primary N) is 1. The summed E-state index contributed by atoms with van der Waals surface area (Å²) in [6.07, 6.45) is -0.163. The van der Waals surface area contributed by atoms with Gasteiger partial charge in [0.1, 0.15) is 0 Å². The Hall–Kier alpha value is -0.950. The van der Waals surface area contributed by atoms with Gasteiger partial charge in [0.2, 0.25) is 10.0 Å². The van der Waals surface area contributed by atoms with Crippen LogP contribution in [-0.4, -0.2) is 38.0 Å². The normalized spacial score (nSPS) is 25.4. The van der Waals surface area contributed by atoms with E-state index in [1.54, 1.807) is 24.3 Å². The van der Waals surface area contributed by atoms with E-state index in [1.165, 1.54) is 4.31 Å². The molecule has 2 atom stereocenters. The van der Waals surface area contributed by atoms with Crippen molar-refractivity contribution >= 4 is 10.0 Å². The Balaban J connectivity index is 2.25. The number of hydrogen-bond acceptors (Lipinski definition) is 4. The predicted octanol–water partition coefficient (Wildman–Crippen LogP) is 0.943. The molecule has 0 saturated carbocycles. The van der Waals surface area contributed by atoms with Gasteiger partial charge in [0.25, 0.3) is 0 Å². The van der Waals surface area contributed by atoms with Crippen LogP contribution in [0.15, 0.2) is 29.2 Å². The summed E-state index contributed by atoms with van der Waals surface area (Å²) in [5.74, 6) is 0. The minimum Gasteiger partial charge on any atom is -0.373 e. The molecule has 19 heavy (non-hydrogen) atoms. The summed E-state index contributed by atoms with van der Waals surface area (Å²) in [7, 11) is -3.44. The molecule has 5 nitrogen and oxygen atoms in total. The van der Waals surface area contributed by atoms with E-state index >= 15 is 0 Å². The number of rotatable bonds is 3. The molecule has 0 aromatic heterocycles. The zero-order chi connectivity index (χ0) is 14.0. The molecule has 0 aliphatic carbocycles. The fourth-order valence-electron chi connectivity index (χ4n) is 2.27. The van der Waals surface area contributed by atoms with Crippen LogP contribution in [0.3, 0.4) is 0 Å². The maximum absolute atomic E-state index is 12.5. The van der Waals surface area contributed by atoms with Crippen molar-refractivity contribution in [2.45, 2.75) is 37.5 Å². The highest BCUT2D eigenvalue weighted by atomic mass is 32.2. The largest absolute Gasteiger partial charge is 0.373 e. The summed E-state index contributed by atoms with van der Waals surface area (Å²) in [5, 5.41) is 0. The summed E-state index contributed by atoms with van der Waals surface area (Å²) in [6, 6.07) is 6.73. The van der Waals surface area contributed by atoms with Crippen molar-refractivity contribution in [2.75, 3.05) is 13.1 Å². The smallest absolute Gasteiger partial charge is 0.243 e. The van der Waals surface area contributed by atoms with E-state index in [1.807, 2.05) is 13.8 Å². The zero-order valence-electron chi connectivity index (χ0n) is 11.2. The molecule has 2 N–H and O–H groups in total. The van der Waals surface area contributed by atoms with E-state index in [2.05, 4.69) is 0 Å². The fourth-order valence-corrected chi connectivity index (χ4v) is 3.86. The summed E-state index contributed by atoms with van der Waals surface area (Å²) < 4.78 is 32.1. The molecule has 1 aliphatic heterocycles. The van der Waals surface area contributed by atoms with Crippen molar-refractivity contribution in [2.24, 2.45) is 5.73 Å². The van der Waals surface area contributed by atoms with Crippen LogP contribution >= 0.6 is 0 Å².